The predicted molar refractivity (Wildman–Crippen MR) is 153 cm³/mol. The Hall–Kier alpha value is -3.52. The lowest BCUT2D eigenvalue weighted by atomic mass is 9.95. The van der Waals surface area contributed by atoms with Crippen LogP contribution in [0, 0.1) is 18.8 Å². The van der Waals surface area contributed by atoms with Crippen LogP contribution in [0.2, 0.25) is 5.02 Å². The summed E-state index contributed by atoms with van der Waals surface area (Å²) in [4.78, 5) is 26.1. The highest BCUT2D eigenvalue weighted by atomic mass is 35.5. The lowest BCUT2D eigenvalue weighted by molar-refractivity contribution is -0.137. The molecule has 0 unspecified atom stereocenters. The molecular formula is C30H35ClF3N3O2. The first-order chi connectivity index (χ1) is 18.2. The van der Waals surface area contributed by atoms with Crippen LogP contribution in [0.3, 0.4) is 0 Å². The third kappa shape index (κ3) is 8.48. The van der Waals surface area contributed by atoms with Crippen molar-refractivity contribution < 1.29 is 22.8 Å². The molecule has 0 aliphatic heterocycles. The fourth-order valence-corrected chi connectivity index (χ4v) is 4.02. The number of hydrogen-bond acceptors (Lipinski definition) is 3. The SMILES string of the molecule is C\C=C(C(=O)Nc1cc(NC(=O)c2ccc(Cl)c(C(F)(F)F)c2)ccc1C)/C(NC)=C(/C=C\C(C)C)C(C)C. The van der Waals surface area contributed by atoms with E-state index in [2.05, 4.69) is 49.7 Å². The van der Waals surface area contributed by atoms with E-state index in [0.717, 1.165) is 17.2 Å². The Balaban J connectivity index is 2.36. The minimum absolute atomic E-state index is 0.149. The molecule has 9 heteroatoms. The van der Waals surface area contributed by atoms with Crippen molar-refractivity contribution in [2.24, 2.45) is 11.8 Å². The molecule has 0 radical (unpaired) electrons. The normalized spacial score (nSPS) is 13.1. The second-order valence-corrected chi connectivity index (χ2v) is 10.1. The van der Waals surface area contributed by atoms with Gasteiger partial charge in [0, 0.05) is 29.7 Å². The van der Waals surface area contributed by atoms with Gasteiger partial charge in [0.15, 0.2) is 0 Å². The standard InChI is InChI=1S/C30H35ClF3N3O2/c1-8-22(27(35-7)23(18(4)5)13-9-17(2)3)29(39)37-26-16-21(12-10-19(26)6)36-28(38)20-11-14-25(31)24(15-20)30(32,33)34/h8-18,35H,1-7H3,(H,36,38)(H,37,39)/b13-9-,22-8+,27-23+. The average Bonchev–Trinajstić information content (AvgIpc) is 2.84. The summed E-state index contributed by atoms with van der Waals surface area (Å²) in [6.07, 6.45) is 1.14. The van der Waals surface area contributed by atoms with Crippen LogP contribution in [-0.2, 0) is 11.0 Å². The van der Waals surface area contributed by atoms with E-state index >= 15 is 0 Å². The van der Waals surface area contributed by atoms with Gasteiger partial charge in [-0.15, -0.1) is 0 Å². The van der Waals surface area contributed by atoms with E-state index in [1.807, 2.05) is 6.08 Å². The summed E-state index contributed by atoms with van der Waals surface area (Å²) in [5.74, 6) is -0.604. The van der Waals surface area contributed by atoms with Crippen molar-refractivity contribution in [2.75, 3.05) is 17.7 Å². The Bertz CT molecular complexity index is 1310. The highest BCUT2D eigenvalue weighted by Gasteiger charge is 2.34. The lowest BCUT2D eigenvalue weighted by Crippen LogP contribution is -2.23. The molecule has 5 nitrogen and oxygen atoms in total. The molecule has 0 saturated heterocycles. The van der Waals surface area contributed by atoms with E-state index in [1.54, 1.807) is 45.2 Å². The van der Waals surface area contributed by atoms with E-state index in [4.69, 9.17) is 11.6 Å². The first-order valence-corrected chi connectivity index (χ1v) is 12.9. The average molecular weight is 562 g/mol. The van der Waals surface area contributed by atoms with Crippen LogP contribution < -0.4 is 16.0 Å². The summed E-state index contributed by atoms with van der Waals surface area (Å²) in [7, 11) is 1.76. The van der Waals surface area contributed by atoms with Crippen LogP contribution >= 0.6 is 11.6 Å². The van der Waals surface area contributed by atoms with Crippen LogP contribution in [0.25, 0.3) is 0 Å². The van der Waals surface area contributed by atoms with Gasteiger partial charge in [-0.2, -0.15) is 13.2 Å². The first-order valence-electron chi connectivity index (χ1n) is 12.6. The Morgan fingerprint density at radius 1 is 1.00 bits per heavy atom. The summed E-state index contributed by atoms with van der Waals surface area (Å²) in [5.41, 5.74) is 2.33. The molecule has 2 rings (SSSR count). The minimum Gasteiger partial charge on any atom is -0.387 e. The van der Waals surface area contributed by atoms with Gasteiger partial charge in [-0.1, -0.05) is 63.6 Å². The van der Waals surface area contributed by atoms with Gasteiger partial charge >= 0.3 is 6.18 Å². The molecule has 2 aromatic carbocycles. The van der Waals surface area contributed by atoms with E-state index in [-0.39, 0.29) is 17.4 Å². The monoisotopic (exact) mass is 561 g/mol. The number of carbonyl (C=O) groups is 2. The number of likely N-dealkylation sites (N-methyl/N-ethyl adjacent to an activating group) is 1. The zero-order valence-electron chi connectivity index (χ0n) is 23.2. The predicted octanol–water partition coefficient (Wildman–Crippen LogP) is 8.15. The maximum Gasteiger partial charge on any atom is 0.417 e. The van der Waals surface area contributed by atoms with Crippen molar-refractivity contribution in [1.29, 1.82) is 0 Å². The van der Waals surface area contributed by atoms with Crippen molar-refractivity contribution in [1.82, 2.24) is 5.32 Å². The third-order valence-electron chi connectivity index (χ3n) is 5.90. The Kier molecular flexibility index (Phi) is 11.0. The van der Waals surface area contributed by atoms with E-state index < -0.39 is 22.7 Å². The van der Waals surface area contributed by atoms with E-state index in [9.17, 15) is 22.8 Å². The number of rotatable bonds is 9. The molecule has 2 amide bonds. The Morgan fingerprint density at radius 2 is 1.67 bits per heavy atom. The fraction of sp³-hybridized carbons (Fsp3) is 0.333. The molecule has 0 bridgehead atoms. The molecule has 0 aromatic heterocycles. The number of benzene rings is 2. The van der Waals surface area contributed by atoms with Crippen LogP contribution in [0.15, 0.2) is 71.5 Å². The molecule has 0 aliphatic carbocycles. The van der Waals surface area contributed by atoms with Gasteiger partial charge in [0.2, 0.25) is 0 Å². The van der Waals surface area contributed by atoms with Gasteiger partial charge in [-0.25, -0.2) is 0 Å². The van der Waals surface area contributed by atoms with Crippen LogP contribution in [0.4, 0.5) is 24.5 Å². The number of halogens is 4. The van der Waals surface area contributed by atoms with Crippen LogP contribution in [0.5, 0.6) is 0 Å². The smallest absolute Gasteiger partial charge is 0.387 e. The molecule has 3 N–H and O–H groups in total. The number of hydrogen-bond donors (Lipinski definition) is 3. The molecule has 0 spiro atoms. The molecular weight excluding hydrogens is 527 g/mol. The highest BCUT2D eigenvalue weighted by Crippen LogP contribution is 2.35. The van der Waals surface area contributed by atoms with Gasteiger partial charge in [0.25, 0.3) is 11.8 Å². The zero-order valence-corrected chi connectivity index (χ0v) is 23.9. The van der Waals surface area contributed by atoms with Crippen molar-refractivity contribution in [3.8, 4) is 0 Å². The highest BCUT2D eigenvalue weighted by molar-refractivity contribution is 6.31. The van der Waals surface area contributed by atoms with Gasteiger partial charge in [0.1, 0.15) is 0 Å². The molecule has 210 valence electrons. The summed E-state index contributed by atoms with van der Waals surface area (Å²) < 4.78 is 39.6. The molecule has 0 aliphatic rings. The summed E-state index contributed by atoms with van der Waals surface area (Å²) in [6.45, 7) is 11.8. The number of amides is 2. The summed E-state index contributed by atoms with van der Waals surface area (Å²) in [5, 5.41) is 8.17. The minimum atomic E-state index is -4.69. The maximum absolute atomic E-state index is 13.4. The topological polar surface area (TPSA) is 70.2 Å². The summed E-state index contributed by atoms with van der Waals surface area (Å²) in [6, 6.07) is 7.82. The number of aryl methyl sites for hydroxylation is 1. The van der Waals surface area contributed by atoms with Gasteiger partial charge in [-0.05, 0) is 67.2 Å². The second-order valence-electron chi connectivity index (χ2n) is 9.67. The first kappa shape index (κ1) is 31.7. The maximum atomic E-state index is 13.4. The van der Waals surface area contributed by atoms with Gasteiger partial charge < -0.3 is 16.0 Å². The number of allylic oxidation sites excluding steroid dienone is 4. The van der Waals surface area contributed by atoms with Crippen LogP contribution in [-0.4, -0.2) is 18.9 Å². The number of alkyl halides is 3. The van der Waals surface area contributed by atoms with Crippen LogP contribution in [0.1, 0.15) is 56.1 Å². The number of anilines is 2. The van der Waals surface area contributed by atoms with Crippen molar-refractivity contribution in [3.63, 3.8) is 0 Å². The van der Waals surface area contributed by atoms with Crippen molar-refractivity contribution in [3.05, 3.63) is 93.2 Å². The Morgan fingerprint density at radius 3 is 2.21 bits per heavy atom. The van der Waals surface area contributed by atoms with Gasteiger partial charge in [-0.3, -0.25) is 9.59 Å². The van der Waals surface area contributed by atoms with Gasteiger partial charge in [0.05, 0.1) is 16.2 Å². The molecule has 0 fully saturated rings. The van der Waals surface area contributed by atoms with Crippen molar-refractivity contribution in [2.45, 2.75) is 47.7 Å². The molecule has 0 atom stereocenters. The van der Waals surface area contributed by atoms with E-state index in [0.29, 0.717) is 34.6 Å². The van der Waals surface area contributed by atoms with E-state index in [1.165, 1.54) is 6.07 Å². The number of nitrogens with one attached hydrogen (secondary N) is 3. The molecule has 0 heterocycles. The zero-order chi connectivity index (χ0) is 29.5. The molecule has 0 saturated carbocycles. The molecule has 39 heavy (non-hydrogen) atoms. The Labute approximate surface area is 233 Å². The quantitative estimate of drug-likeness (QED) is 0.214. The molecule has 2 aromatic rings. The second kappa shape index (κ2) is 13.5. The number of carbonyl (C=O) groups excluding carboxylic acids is 2. The lowest BCUT2D eigenvalue weighted by Gasteiger charge is -2.19. The van der Waals surface area contributed by atoms with Crippen molar-refractivity contribution >= 4 is 34.8 Å². The third-order valence-corrected chi connectivity index (χ3v) is 6.23. The summed E-state index contributed by atoms with van der Waals surface area (Å²) >= 11 is 5.66. The fourth-order valence-electron chi connectivity index (χ4n) is 3.80. The largest absolute Gasteiger partial charge is 0.417 e.